The number of aromatic nitrogens is 2. The molecule has 2 aromatic rings. The highest BCUT2D eigenvalue weighted by molar-refractivity contribution is 8.01. The van der Waals surface area contributed by atoms with Gasteiger partial charge < -0.3 is 10.1 Å². The Bertz CT molecular complexity index is 644. The molecular formula is C12H10F3N3O2S2. The van der Waals surface area contributed by atoms with Crippen LogP contribution in [0.1, 0.15) is 6.92 Å². The molecule has 118 valence electrons. The highest BCUT2D eigenvalue weighted by Gasteiger charge is 2.30. The second kappa shape index (κ2) is 6.97. The molecule has 22 heavy (non-hydrogen) atoms. The molecule has 2 rings (SSSR count). The number of nitrogens with zero attached hydrogens (tertiary/aromatic N) is 2. The number of Topliss-reactive ketones (excluding diaryl/α,β-unsaturated/α-hetero) is 1. The van der Waals surface area contributed by atoms with Gasteiger partial charge in [0, 0.05) is 5.69 Å². The zero-order valence-electron chi connectivity index (χ0n) is 11.2. The van der Waals surface area contributed by atoms with Crippen LogP contribution in [0.15, 0.2) is 28.6 Å². The predicted octanol–water partition coefficient (Wildman–Crippen LogP) is 3.86. The summed E-state index contributed by atoms with van der Waals surface area (Å²) in [7, 11) is 0. The van der Waals surface area contributed by atoms with E-state index < -0.39 is 6.36 Å². The van der Waals surface area contributed by atoms with Gasteiger partial charge in [0.2, 0.25) is 5.13 Å². The molecule has 1 aromatic heterocycles. The lowest BCUT2D eigenvalue weighted by molar-refractivity contribution is -0.274. The summed E-state index contributed by atoms with van der Waals surface area (Å²) in [5, 5.41) is 11.2. The number of anilines is 2. The van der Waals surface area contributed by atoms with Gasteiger partial charge in [-0.05, 0) is 31.2 Å². The van der Waals surface area contributed by atoms with Crippen LogP contribution in [-0.4, -0.2) is 28.1 Å². The number of hydrogen-bond donors (Lipinski definition) is 1. The lowest BCUT2D eigenvalue weighted by Crippen LogP contribution is -2.16. The van der Waals surface area contributed by atoms with Crippen LogP contribution in [0.3, 0.4) is 0 Å². The predicted molar refractivity (Wildman–Crippen MR) is 77.7 cm³/mol. The molecular weight excluding hydrogens is 339 g/mol. The molecule has 0 radical (unpaired) electrons. The molecule has 10 heteroatoms. The summed E-state index contributed by atoms with van der Waals surface area (Å²) >= 11 is 2.53. The van der Waals surface area contributed by atoms with Gasteiger partial charge in [0.05, 0.1) is 5.75 Å². The maximum absolute atomic E-state index is 12.0. The summed E-state index contributed by atoms with van der Waals surface area (Å²) in [4.78, 5) is 10.9. The maximum Gasteiger partial charge on any atom is 0.573 e. The minimum absolute atomic E-state index is 0.0370. The number of carbonyl (C=O) groups is 1. The number of nitrogens with one attached hydrogen (secondary N) is 1. The van der Waals surface area contributed by atoms with E-state index in [1.165, 1.54) is 54.3 Å². The van der Waals surface area contributed by atoms with Crippen molar-refractivity contribution in [1.29, 1.82) is 0 Å². The van der Waals surface area contributed by atoms with E-state index >= 15 is 0 Å². The van der Waals surface area contributed by atoms with E-state index in [9.17, 15) is 18.0 Å². The standard InChI is InChI=1S/C12H10F3N3O2S2/c1-7(19)6-21-11-18-17-10(22-11)16-8-2-4-9(5-3-8)20-12(13,14)15/h2-5H,6H2,1H3,(H,16,17). The molecule has 0 aliphatic heterocycles. The lowest BCUT2D eigenvalue weighted by atomic mass is 10.3. The normalized spacial score (nSPS) is 11.3. The van der Waals surface area contributed by atoms with Crippen molar-refractivity contribution in [2.75, 3.05) is 11.1 Å². The second-order valence-corrected chi connectivity index (χ2v) is 6.26. The summed E-state index contributed by atoms with van der Waals surface area (Å²) in [6, 6.07) is 5.26. The fourth-order valence-electron chi connectivity index (χ4n) is 1.35. The SMILES string of the molecule is CC(=O)CSc1nnc(Nc2ccc(OC(F)(F)F)cc2)s1. The Labute approximate surface area is 131 Å². The van der Waals surface area contributed by atoms with Crippen LogP contribution in [0.25, 0.3) is 0 Å². The van der Waals surface area contributed by atoms with Gasteiger partial charge >= 0.3 is 6.36 Å². The van der Waals surface area contributed by atoms with Crippen molar-refractivity contribution < 1.29 is 22.7 Å². The molecule has 1 heterocycles. The minimum Gasteiger partial charge on any atom is -0.406 e. The van der Waals surface area contributed by atoms with Gasteiger partial charge in [0.1, 0.15) is 11.5 Å². The van der Waals surface area contributed by atoms with Gasteiger partial charge in [0.15, 0.2) is 4.34 Å². The largest absolute Gasteiger partial charge is 0.573 e. The molecule has 0 spiro atoms. The average molecular weight is 349 g/mol. The van der Waals surface area contributed by atoms with Crippen LogP contribution < -0.4 is 10.1 Å². The van der Waals surface area contributed by atoms with Crippen LogP contribution in [-0.2, 0) is 4.79 Å². The molecule has 0 aliphatic rings. The van der Waals surface area contributed by atoms with E-state index in [0.29, 0.717) is 20.9 Å². The first-order valence-electron chi connectivity index (χ1n) is 5.90. The number of carbonyl (C=O) groups excluding carboxylic acids is 1. The fourth-order valence-corrected chi connectivity index (χ4v) is 2.92. The third kappa shape index (κ3) is 5.53. The van der Waals surface area contributed by atoms with Crippen LogP contribution in [0.4, 0.5) is 24.0 Å². The van der Waals surface area contributed by atoms with Crippen LogP contribution in [0, 0.1) is 0 Å². The summed E-state index contributed by atoms with van der Waals surface area (Å²) in [6.45, 7) is 1.48. The van der Waals surface area contributed by atoms with Gasteiger partial charge in [-0.25, -0.2) is 0 Å². The fraction of sp³-hybridized carbons (Fsp3) is 0.250. The van der Waals surface area contributed by atoms with E-state index in [-0.39, 0.29) is 11.5 Å². The minimum atomic E-state index is -4.71. The van der Waals surface area contributed by atoms with Crippen molar-refractivity contribution in [2.45, 2.75) is 17.6 Å². The topological polar surface area (TPSA) is 64.1 Å². The number of rotatable bonds is 6. The second-order valence-electron chi connectivity index (χ2n) is 4.06. The highest BCUT2D eigenvalue weighted by Crippen LogP contribution is 2.29. The van der Waals surface area contributed by atoms with Crippen molar-refractivity contribution in [1.82, 2.24) is 10.2 Å². The van der Waals surface area contributed by atoms with Gasteiger partial charge in [0.25, 0.3) is 0 Å². The number of halogens is 3. The summed E-state index contributed by atoms with van der Waals surface area (Å²) in [5.74, 6) is 0.0564. The van der Waals surface area contributed by atoms with Gasteiger partial charge in [-0.15, -0.1) is 23.4 Å². The molecule has 0 atom stereocenters. The monoisotopic (exact) mass is 349 g/mol. The summed E-state index contributed by atoms with van der Waals surface area (Å²) in [5.41, 5.74) is 0.550. The van der Waals surface area contributed by atoms with E-state index in [1.807, 2.05) is 0 Å². The molecule has 0 bridgehead atoms. The van der Waals surface area contributed by atoms with Crippen molar-refractivity contribution in [3.05, 3.63) is 24.3 Å². The molecule has 1 N–H and O–H groups in total. The number of alkyl halides is 3. The van der Waals surface area contributed by atoms with Crippen LogP contribution in [0.2, 0.25) is 0 Å². The Morgan fingerprint density at radius 3 is 2.59 bits per heavy atom. The van der Waals surface area contributed by atoms with Gasteiger partial charge in [-0.1, -0.05) is 23.1 Å². The Morgan fingerprint density at radius 2 is 2.00 bits per heavy atom. The molecule has 5 nitrogen and oxygen atoms in total. The average Bonchev–Trinajstić information content (AvgIpc) is 2.85. The summed E-state index contributed by atoms with van der Waals surface area (Å²) < 4.78 is 40.5. The van der Waals surface area contributed by atoms with Crippen molar-refractivity contribution >= 4 is 39.7 Å². The van der Waals surface area contributed by atoms with Crippen LogP contribution >= 0.6 is 23.1 Å². The van der Waals surface area contributed by atoms with E-state index in [4.69, 9.17) is 0 Å². The van der Waals surface area contributed by atoms with E-state index in [0.717, 1.165) is 0 Å². The Hall–Kier alpha value is -1.81. The molecule has 0 aliphatic carbocycles. The smallest absolute Gasteiger partial charge is 0.406 e. The van der Waals surface area contributed by atoms with Crippen LogP contribution in [0.5, 0.6) is 5.75 Å². The molecule has 0 saturated carbocycles. The third-order valence-electron chi connectivity index (χ3n) is 2.14. The van der Waals surface area contributed by atoms with Crippen molar-refractivity contribution in [3.8, 4) is 5.75 Å². The molecule has 0 unspecified atom stereocenters. The van der Waals surface area contributed by atoms with Crippen molar-refractivity contribution in [3.63, 3.8) is 0 Å². The summed E-state index contributed by atoms with van der Waals surface area (Å²) in [6.07, 6.45) is -4.71. The first kappa shape index (κ1) is 16.6. The Morgan fingerprint density at radius 1 is 1.32 bits per heavy atom. The molecule has 0 saturated heterocycles. The number of hydrogen-bond acceptors (Lipinski definition) is 7. The Kier molecular flexibility index (Phi) is 5.24. The highest BCUT2D eigenvalue weighted by atomic mass is 32.2. The number of ether oxygens (including phenoxy) is 1. The first-order chi connectivity index (χ1) is 10.3. The number of benzene rings is 1. The van der Waals surface area contributed by atoms with E-state index in [1.54, 1.807) is 0 Å². The molecule has 0 amide bonds. The van der Waals surface area contributed by atoms with E-state index in [2.05, 4.69) is 20.3 Å². The molecule has 1 aromatic carbocycles. The molecule has 0 fully saturated rings. The van der Waals surface area contributed by atoms with Gasteiger partial charge in [-0.2, -0.15) is 0 Å². The zero-order chi connectivity index (χ0) is 16.2. The maximum atomic E-state index is 12.0. The zero-order valence-corrected chi connectivity index (χ0v) is 12.8. The van der Waals surface area contributed by atoms with Crippen molar-refractivity contribution in [2.24, 2.45) is 0 Å². The lowest BCUT2D eigenvalue weighted by Gasteiger charge is -2.09. The first-order valence-corrected chi connectivity index (χ1v) is 7.70. The number of ketones is 1. The Balaban J connectivity index is 1.95. The van der Waals surface area contributed by atoms with Gasteiger partial charge in [-0.3, -0.25) is 4.79 Å². The third-order valence-corrected chi connectivity index (χ3v) is 4.26. The quantitative estimate of drug-likeness (QED) is 0.799. The number of thioether (sulfide) groups is 1.